The number of aryl methyl sites for hydroxylation is 2. The minimum Gasteiger partial charge on any atom is -0.396 e. The van der Waals surface area contributed by atoms with Crippen molar-refractivity contribution < 1.29 is 9.63 Å². The van der Waals surface area contributed by atoms with Crippen LogP contribution < -0.4 is 5.56 Å². The van der Waals surface area contributed by atoms with Gasteiger partial charge in [-0.3, -0.25) is 14.5 Å². The highest BCUT2D eigenvalue weighted by Crippen LogP contribution is 2.34. The Hall–Kier alpha value is -2.45. The Balaban J connectivity index is 1.38. The SMILES string of the molecule is CCO/N=C(/c1ccc(Br)cc1)C1CCN(C2(C)CCN(C(=O)c3c(C)cc(=O)[nH]c3C)CC2)CC1. The van der Waals surface area contributed by atoms with Crippen LogP contribution in [0.1, 0.15) is 66.7 Å². The lowest BCUT2D eigenvalue weighted by Gasteiger charge is -2.49. The van der Waals surface area contributed by atoms with Crippen LogP contribution in [-0.4, -0.2) is 64.7 Å². The summed E-state index contributed by atoms with van der Waals surface area (Å²) < 4.78 is 1.06. The number of aromatic amines is 1. The second-order valence-electron chi connectivity index (χ2n) is 10.3. The third-order valence-corrected chi connectivity index (χ3v) is 8.38. The average Bonchev–Trinajstić information content (AvgIpc) is 2.85. The third kappa shape index (κ3) is 5.75. The number of halogens is 1. The highest BCUT2D eigenvalue weighted by atomic mass is 79.9. The summed E-state index contributed by atoms with van der Waals surface area (Å²) >= 11 is 3.52. The Labute approximate surface area is 222 Å². The maximum absolute atomic E-state index is 13.3. The summed E-state index contributed by atoms with van der Waals surface area (Å²) in [5.41, 5.74) is 4.10. The van der Waals surface area contributed by atoms with E-state index in [1.165, 1.54) is 6.07 Å². The van der Waals surface area contributed by atoms with Gasteiger partial charge in [-0.05, 0) is 89.7 Å². The van der Waals surface area contributed by atoms with Gasteiger partial charge in [-0.25, -0.2) is 0 Å². The van der Waals surface area contributed by atoms with Gasteiger partial charge in [0.2, 0.25) is 5.56 Å². The van der Waals surface area contributed by atoms with Crippen molar-refractivity contribution in [3.8, 4) is 0 Å². The highest BCUT2D eigenvalue weighted by molar-refractivity contribution is 9.10. The Morgan fingerprint density at radius 3 is 2.36 bits per heavy atom. The molecular formula is C28H37BrN4O3. The molecule has 0 radical (unpaired) electrons. The quantitative estimate of drug-likeness (QED) is 0.405. The highest BCUT2D eigenvalue weighted by Gasteiger charge is 2.39. The number of rotatable bonds is 6. The predicted octanol–water partition coefficient (Wildman–Crippen LogP) is 4.90. The van der Waals surface area contributed by atoms with Gasteiger partial charge in [0.25, 0.3) is 5.91 Å². The molecule has 0 atom stereocenters. The molecule has 194 valence electrons. The lowest BCUT2D eigenvalue weighted by Crippen LogP contribution is -2.56. The number of benzene rings is 1. The zero-order valence-electron chi connectivity index (χ0n) is 21.8. The van der Waals surface area contributed by atoms with Crippen LogP contribution in [0.2, 0.25) is 0 Å². The number of hydrogen-bond donors (Lipinski definition) is 1. The number of likely N-dealkylation sites (tertiary alicyclic amines) is 2. The lowest BCUT2D eigenvalue weighted by molar-refractivity contribution is 0.0161. The molecule has 2 saturated heterocycles. The van der Waals surface area contributed by atoms with Gasteiger partial charge >= 0.3 is 0 Å². The first-order valence-corrected chi connectivity index (χ1v) is 13.7. The molecule has 2 fully saturated rings. The van der Waals surface area contributed by atoms with Crippen LogP contribution in [0.4, 0.5) is 0 Å². The van der Waals surface area contributed by atoms with E-state index in [0.29, 0.717) is 23.8 Å². The van der Waals surface area contributed by atoms with Crippen LogP contribution in [-0.2, 0) is 4.84 Å². The van der Waals surface area contributed by atoms with Gasteiger partial charge in [0.05, 0.1) is 11.3 Å². The number of oxime groups is 1. The van der Waals surface area contributed by atoms with Crippen LogP contribution >= 0.6 is 15.9 Å². The molecule has 4 rings (SSSR count). The average molecular weight is 558 g/mol. The number of nitrogens with zero attached hydrogens (tertiary/aromatic N) is 3. The predicted molar refractivity (Wildman–Crippen MR) is 147 cm³/mol. The first-order chi connectivity index (χ1) is 17.2. The number of nitrogens with one attached hydrogen (secondary N) is 1. The Morgan fingerprint density at radius 1 is 1.14 bits per heavy atom. The minimum atomic E-state index is -0.161. The molecule has 2 aliphatic heterocycles. The number of carbonyl (C=O) groups excluding carboxylic acids is 1. The Kier molecular flexibility index (Phi) is 8.35. The van der Waals surface area contributed by atoms with Gasteiger partial charge in [0, 0.05) is 40.8 Å². The third-order valence-electron chi connectivity index (χ3n) is 7.85. The summed E-state index contributed by atoms with van der Waals surface area (Å²) in [5, 5.41) is 4.51. The maximum Gasteiger partial charge on any atom is 0.255 e. The molecule has 0 spiro atoms. The van der Waals surface area contributed by atoms with E-state index in [9.17, 15) is 9.59 Å². The summed E-state index contributed by atoms with van der Waals surface area (Å²) in [6.07, 6.45) is 3.96. The summed E-state index contributed by atoms with van der Waals surface area (Å²) in [7, 11) is 0. The van der Waals surface area contributed by atoms with E-state index in [1.807, 2.05) is 18.7 Å². The molecule has 2 aromatic rings. The second-order valence-corrected chi connectivity index (χ2v) is 11.2. The van der Waals surface area contributed by atoms with Crippen molar-refractivity contribution in [1.82, 2.24) is 14.8 Å². The molecule has 0 bridgehead atoms. The number of aromatic nitrogens is 1. The van der Waals surface area contributed by atoms with E-state index in [-0.39, 0.29) is 17.0 Å². The zero-order chi connectivity index (χ0) is 25.9. The molecule has 0 aliphatic carbocycles. The van der Waals surface area contributed by atoms with E-state index in [4.69, 9.17) is 4.84 Å². The van der Waals surface area contributed by atoms with E-state index in [2.05, 4.69) is 62.2 Å². The van der Waals surface area contributed by atoms with Gasteiger partial charge in [0.15, 0.2) is 0 Å². The maximum atomic E-state index is 13.3. The van der Waals surface area contributed by atoms with Gasteiger partial charge in [-0.1, -0.05) is 33.2 Å². The summed E-state index contributed by atoms with van der Waals surface area (Å²) in [6.45, 7) is 12.0. The molecular weight excluding hydrogens is 520 g/mol. The van der Waals surface area contributed by atoms with Gasteiger partial charge < -0.3 is 14.7 Å². The monoisotopic (exact) mass is 556 g/mol. The zero-order valence-corrected chi connectivity index (χ0v) is 23.4. The molecule has 3 heterocycles. The van der Waals surface area contributed by atoms with Crippen LogP contribution in [0.15, 0.2) is 44.8 Å². The van der Waals surface area contributed by atoms with E-state index in [1.54, 1.807) is 6.92 Å². The van der Waals surface area contributed by atoms with Crippen molar-refractivity contribution in [2.75, 3.05) is 32.8 Å². The van der Waals surface area contributed by atoms with E-state index in [0.717, 1.165) is 73.2 Å². The lowest BCUT2D eigenvalue weighted by atomic mass is 9.82. The van der Waals surface area contributed by atoms with E-state index >= 15 is 0 Å². The number of piperidine rings is 2. The molecule has 2 aliphatic rings. The molecule has 36 heavy (non-hydrogen) atoms. The van der Waals surface area contributed by atoms with Crippen molar-refractivity contribution in [1.29, 1.82) is 0 Å². The molecule has 1 N–H and O–H groups in total. The summed E-state index contributed by atoms with van der Waals surface area (Å²) in [5.74, 6) is 0.388. The molecule has 1 aromatic heterocycles. The Bertz CT molecular complexity index is 1130. The number of amides is 1. The topological polar surface area (TPSA) is 78.0 Å². The fourth-order valence-electron chi connectivity index (χ4n) is 5.65. The Morgan fingerprint density at radius 2 is 1.78 bits per heavy atom. The van der Waals surface area contributed by atoms with Crippen LogP contribution in [0.25, 0.3) is 0 Å². The fourth-order valence-corrected chi connectivity index (χ4v) is 5.92. The fraction of sp³-hybridized carbons (Fsp3) is 0.536. The first-order valence-electron chi connectivity index (χ1n) is 12.9. The molecule has 7 nitrogen and oxygen atoms in total. The molecule has 8 heteroatoms. The number of carbonyl (C=O) groups is 1. The van der Waals surface area contributed by atoms with Crippen molar-refractivity contribution in [3.63, 3.8) is 0 Å². The van der Waals surface area contributed by atoms with Crippen molar-refractivity contribution >= 4 is 27.5 Å². The normalized spacial score (nSPS) is 19.4. The van der Waals surface area contributed by atoms with Crippen LogP contribution in [0.5, 0.6) is 0 Å². The van der Waals surface area contributed by atoms with Crippen molar-refractivity contribution in [2.24, 2.45) is 11.1 Å². The van der Waals surface area contributed by atoms with Crippen LogP contribution in [0, 0.1) is 19.8 Å². The smallest absolute Gasteiger partial charge is 0.255 e. The van der Waals surface area contributed by atoms with E-state index < -0.39 is 0 Å². The summed E-state index contributed by atoms with van der Waals surface area (Å²) in [6, 6.07) is 9.83. The minimum absolute atomic E-state index is 0.0216. The largest absolute Gasteiger partial charge is 0.396 e. The molecule has 0 unspecified atom stereocenters. The molecule has 0 saturated carbocycles. The number of hydrogen-bond acceptors (Lipinski definition) is 5. The summed E-state index contributed by atoms with van der Waals surface area (Å²) in [4.78, 5) is 37.8. The standard InChI is InChI=1S/C28H37BrN4O3/c1-5-36-31-26(21-6-8-23(29)9-7-21)22-10-14-33(15-11-22)28(4)12-16-32(17-13-28)27(35)25-19(2)18-24(34)30-20(25)3/h6-9,18,22H,5,10-17H2,1-4H3,(H,30,34)/b31-26-. The molecule has 1 aromatic carbocycles. The van der Waals surface area contributed by atoms with Crippen LogP contribution in [0.3, 0.4) is 0 Å². The van der Waals surface area contributed by atoms with Crippen molar-refractivity contribution in [3.05, 3.63) is 67.5 Å². The van der Waals surface area contributed by atoms with Crippen molar-refractivity contribution in [2.45, 2.75) is 58.9 Å². The van der Waals surface area contributed by atoms with Gasteiger partial charge in [0.1, 0.15) is 6.61 Å². The number of pyridine rings is 1. The van der Waals surface area contributed by atoms with Gasteiger partial charge in [-0.15, -0.1) is 0 Å². The first kappa shape index (κ1) is 26.6. The molecule has 1 amide bonds. The number of H-pyrrole nitrogens is 1. The second kappa shape index (κ2) is 11.3. The van der Waals surface area contributed by atoms with Gasteiger partial charge in [-0.2, -0.15) is 0 Å².